The summed E-state index contributed by atoms with van der Waals surface area (Å²) in [7, 11) is 0. The zero-order valence-electron chi connectivity index (χ0n) is 11.0. The van der Waals surface area contributed by atoms with E-state index in [0.29, 0.717) is 23.6 Å². The van der Waals surface area contributed by atoms with Gasteiger partial charge in [0.05, 0.1) is 6.10 Å². The van der Waals surface area contributed by atoms with Crippen LogP contribution in [0.5, 0.6) is 0 Å². The number of rotatable bonds is 4. The standard InChI is InChI=1S/C13H16FN5O/c14-10-6-9(7-11(15)8-10)13-16-17-18-19(13)4-3-12-2-1-5-20-12/h6-8,12H,1-5,15H2. The Hall–Kier alpha value is -2.02. The lowest BCUT2D eigenvalue weighted by Gasteiger charge is -2.10. The maximum atomic E-state index is 13.4. The van der Waals surface area contributed by atoms with Gasteiger partial charge in [0.2, 0.25) is 0 Å². The Labute approximate surface area is 115 Å². The fourth-order valence-corrected chi connectivity index (χ4v) is 2.44. The van der Waals surface area contributed by atoms with Crippen LogP contribution in [-0.4, -0.2) is 32.9 Å². The summed E-state index contributed by atoms with van der Waals surface area (Å²) in [4.78, 5) is 0. The minimum atomic E-state index is -0.395. The third-order valence-corrected chi connectivity index (χ3v) is 3.40. The molecular weight excluding hydrogens is 261 g/mol. The van der Waals surface area contributed by atoms with Crippen LogP contribution in [0.1, 0.15) is 19.3 Å². The normalized spacial score (nSPS) is 18.6. The number of hydrogen-bond donors (Lipinski definition) is 1. The number of halogens is 1. The largest absolute Gasteiger partial charge is 0.399 e. The van der Waals surface area contributed by atoms with Gasteiger partial charge in [-0.15, -0.1) is 5.10 Å². The van der Waals surface area contributed by atoms with E-state index in [9.17, 15) is 4.39 Å². The van der Waals surface area contributed by atoms with Gasteiger partial charge >= 0.3 is 0 Å². The van der Waals surface area contributed by atoms with Crippen molar-refractivity contribution >= 4 is 5.69 Å². The Balaban J connectivity index is 1.78. The Morgan fingerprint density at radius 1 is 1.40 bits per heavy atom. The molecule has 0 saturated carbocycles. The molecule has 1 saturated heterocycles. The van der Waals surface area contributed by atoms with Gasteiger partial charge in [0.25, 0.3) is 0 Å². The Morgan fingerprint density at radius 2 is 2.30 bits per heavy atom. The van der Waals surface area contributed by atoms with Crippen LogP contribution in [0.2, 0.25) is 0 Å². The summed E-state index contributed by atoms with van der Waals surface area (Å²) in [6.45, 7) is 1.47. The highest BCUT2D eigenvalue weighted by molar-refractivity contribution is 5.61. The lowest BCUT2D eigenvalue weighted by molar-refractivity contribution is 0.0994. The number of tetrazole rings is 1. The molecule has 2 heterocycles. The summed E-state index contributed by atoms with van der Waals surface area (Å²) < 4.78 is 20.6. The predicted octanol–water partition coefficient (Wildman–Crippen LogP) is 1.63. The fourth-order valence-electron chi connectivity index (χ4n) is 2.44. The zero-order valence-corrected chi connectivity index (χ0v) is 11.0. The van der Waals surface area contributed by atoms with Gasteiger partial charge in [-0.1, -0.05) is 0 Å². The van der Waals surface area contributed by atoms with Crippen LogP contribution in [0.25, 0.3) is 11.4 Å². The summed E-state index contributed by atoms with van der Waals surface area (Å²) in [6, 6.07) is 4.31. The number of aromatic nitrogens is 4. The number of nitrogens with two attached hydrogens (primary N) is 1. The van der Waals surface area contributed by atoms with Crippen molar-refractivity contribution in [2.24, 2.45) is 0 Å². The van der Waals surface area contributed by atoms with Gasteiger partial charge in [0, 0.05) is 24.4 Å². The van der Waals surface area contributed by atoms with Crippen molar-refractivity contribution in [2.75, 3.05) is 12.3 Å². The summed E-state index contributed by atoms with van der Waals surface area (Å²) in [5, 5.41) is 11.6. The van der Waals surface area contributed by atoms with E-state index in [-0.39, 0.29) is 6.10 Å². The van der Waals surface area contributed by atoms with E-state index in [4.69, 9.17) is 10.5 Å². The second-order valence-corrected chi connectivity index (χ2v) is 4.92. The minimum absolute atomic E-state index is 0.268. The Morgan fingerprint density at radius 3 is 3.05 bits per heavy atom. The average molecular weight is 277 g/mol. The first kappa shape index (κ1) is 13.0. The molecule has 0 bridgehead atoms. The average Bonchev–Trinajstić information content (AvgIpc) is 3.06. The van der Waals surface area contributed by atoms with Gasteiger partial charge in [-0.2, -0.15) is 0 Å². The second-order valence-electron chi connectivity index (χ2n) is 4.92. The molecule has 106 valence electrons. The molecule has 1 aromatic heterocycles. The maximum Gasteiger partial charge on any atom is 0.182 e. The Bertz CT molecular complexity index is 574. The van der Waals surface area contributed by atoms with Gasteiger partial charge < -0.3 is 10.5 Å². The molecule has 3 rings (SSSR count). The van der Waals surface area contributed by atoms with Crippen LogP contribution in [0.4, 0.5) is 10.1 Å². The van der Waals surface area contributed by atoms with E-state index in [1.165, 1.54) is 12.1 Å². The van der Waals surface area contributed by atoms with Crippen LogP contribution in [0.15, 0.2) is 18.2 Å². The smallest absolute Gasteiger partial charge is 0.182 e. The van der Waals surface area contributed by atoms with Crippen molar-refractivity contribution in [3.63, 3.8) is 0 Å². The summed E-state index contributed by atoms with van der Waals surface area (Å²) in [5.41, 5.74) is 6.59. The van der Waals surface area contributed by atoms with E-state index in [0.717, 1.165) is 25.9 Å². The number of aryl methyl sites for hydroxylation is 1. The molecule has 0 amide bonds. The number of ether oxygens (including phenoxy) is 1. The van der Waals surface area contributed by atoms with Crippen LogP contribution in [0.3, 0.4) is 0 Å². The molecule has 6 nitrogen and oxygen atoms in total. The molecule has 2 aromatic rings. The lowest BCUT2D eigenvalue weighted by Crippen LogP contribution is -2.12. The fraction of sp³-hybridized carbons (Fsp3) is 0.462. The van der Waals surface area contributed by atoms with E-state index >= 15 is 0 Å². The number of anilines is 1. The summed E-state index contributed by atoms with van der Waals surface area (Å²) in [6.07, 6.45) is 3.30. The summed E-state index contributed by atoms with van der Waals surface area (Å²) in [5.74, 6) is 0.128. The van der Waals surface area contributed by atoms with Gasteiger partial charge in [0.1, 0.15) is 5.82 Å². The van der Waals surface area contributed by atoms with Gasteiger partial charge in [0.15, 0.2) is 5.82 Å². The maximum absolute atomic E-state index is 13.4. The highest BCUT2D eigenvalue weighted by Crippen LogP contribution is 2.22. The molecule has 1 aromatic carbocycles. The van der Waals surface area contributed by atoms with E-state index < -0.39 is 5.82 Å². The molecule has 0 aliphatic carbocycles. The lowest BCUT2D eigenvalue weighted by atomic mass is 10.1. The number of benzene rings is 1. The SMILES string of the molecule is Nc1cc(F)cc(-c2nnnn2CCC2CCCO2)c1. The van der Waals surface area contributed by atoms with Gasteiger partial charge in [-0.25, -0.2) is 9.07 Å². The quantitative estimate of drug-likeness (QED) is 0.859. The first-order valence-corrected chi connectivity index (χ1v) is 6.66. The van der Waals surface area contributed by atoms with Crippen LogP contribution in [-0.2, 0) is 11.3 Å². The monoisotopic (exact) mass is 277 g/mol. The van der Waals surface area contributed by atoms with Gasteiger partial charge in [-0.05, 0) is 47.9 Å². The molecule has 1 aliphatic heterocycles. The predicted molar refractivity (Wildman–Crippen MR) is 71.2 cm³/mol. The number of nitrogens with zero attached hydrogens (tertiary/aromatic N) is 4. The highest BCUT2D eigenvalue weighted by atomic mass is 19.1. The van der Waals surface area contributed by atoms with Crippen LogP contribution in [0, 0.1) is 5.82 Å². The molecule has 20 heavy (non-hydrogen) atoms. The number of hydrogen-bond acceptors (Lipinski definition) is 5. The molecule has 7 heteroatoms. The Kier molecular flexibility index (Phi) is 3.60. The third-order valence-electron chi connectivity index (χ3n) is 3.40. The number of nitrogen functional groups attached to an aromatic ring is 1. The molecule has 0 spiro atoms. The minimum Gasteiger partial charge on any atom is -0.399 e. The molecule has 2 N–H and O–H groups in total. The van der Waals surface area contributed by atoms with Crippen LogP contribution >= 0.6 is 0 Å². The molecule has 1 fully saturated rings. The van der Waals surface area contributed by atoms with Crippen molar-refractivity contribution < 1.29 is 9.13 Å². The second kappa shape index (κ2) is 5.54. The van der Waals surface area contributed by atoms with Crippen molar-refractivity contribution in [1.82, 2.24) is 20.2 Å². The highest BCUT2D eigenvalue weighted by Gasteiger charge is 2.17. The van der Waals surface area contributed by atoms with Crippen molar-refractivity contribution in [1.29, 1.82) is 0 Å². The van der Waals surface area contributed by atoms with Crippen LogP contribution < -0.4 is 5.73 Å². The first-order valence-electron chi connectivity index (χ1n) is 6.66. The molecule has 1 aliphatic rings. The molecular formula is C13H16FN5O. The molecule has 1 atom stereocenters. The molecule has 1 unspecified atom stereocenters. The van der Waals surface area contributed by atoms with E-state index in [1.807, 2.05) is 0 Å². The first-order chi connectivity index (χ1) is 9.72. The van der Waals surface area contributed by atoms with E-state index in [2.05, 4.69) is 15.5 Å². The van der Waals surface area contributed by atoms with Crippen molar-refractivity contribution in [3.05, 3.63) is 24.0 Å². The van der Waals surface area contributed by atoms with Crippen molar-refractivity contribution in [3.8, 4) is 11.4 Å². The van der Waals surface area contributed by atoms with E-state index in [1.54, 1.807) is 10.7 Å². The summed E-state index contributed by atoms with van der Waals surface area (Å²) >= 11 is 0. The zero-order chi connectivity index (χ0) is 13.9. The topological polar surface area (TPSA) is 78.9 Å². The van der Waals surface area contributed by atoms with Gasteiger partial charge in [-0.3, -0.25) is 0 Å². The third kappa shape index (κ3) is 2.77. The van der Waals surface area contributed by atoms with Crippen molar-refractivity contribution in [2.45, 2.75) is 31.9 Å². The molecule has 0 radical (unpaired) electrons.